The van der Waals surface area contributed by atoms with Gasteiger partial charge >= 0.3 is 0 Å². The van der Waals surface area contributed by atoms with Crippen molar-refractivity contribution < 1.29 is 14.3 Å². The second-order valence-electron chi connectivity index (χ2n) is 9.17. The van der Waals surface area contributed by atoms with Crippen molar-refractivity contribution in [2.45, 2.75) is 52.6 Å². The molecule has 1 unspecified atom stereocenters. The van der Waals surface area contributed by atoms with E-state index in [1.54, 1.807) is 23.1 Å². The minimum Gasteiger partial charge on any atom is -0.483 e. The summed E-state index contributed by atoms with van der Waals surface area (Å²) < 4.78 is 5.95. The van der Waals surface area contributed by atoms with Crippen molar-refractivity contribution in [3.63, 3.8) is 0 Å². The second-order valence-corrected chi connectivity index (χ2v) is 10.0. The number of unbranched alkanes of at least 4 members (excludes halogenated alkanes) is 1. The normalized spacial score (nSPS) is 11.6. The van der Waals surface area contributed by atoms with Gasteiger partial charge in [0.15, 0.2) is 6.61 Å². The molecule has 0 radical (unpaired) electrons. The maximum absolute atomic E-state index is 13.7. The highest BCUT2D eigenvalue weighted by molar-refractivity contribution is 6.35. The van der Waals surface area contributed by atoms with E-state index in [1.807, 2.05) is 62.4 Å². The number of amides is 2. The van der Waals surface area contributed by atoms with Crippen molar-refractivity contribution in [3.8, 4) is 5.75 Å². The van der Waals surface area contributed by atoms with Crippen LogP contribution in [0.3, 0.4) is 0 Å². The lowest BCUT2D eigenvalue weighted by Gasteiger charge is -2.32. The molecule has 37 heavy (non-hydrogen) atoms. The van der Waals surface area contributed by atoms with Gasteiger partial charge in [0.2, 0.25) is 5.91 Å². The van der Waals surface area contributed by atoms with Crippen molar-refractivity contribution in [3.05, 3.63) is 99.0 Å². The second kappa shape index (κ2) is 14.1. The predicted molar refractivity (Wildman–Crippen MR) is 150 cm³/mol. The number of nitrogens with one attached hydrogen (secondary N) is 1. The first-order chi connectivity index (χ1) is 17.8. The molecule has 0 fully saturated rings. The molecule has 0 heterocycles. The van der Waals surface area contributed by atoms with Crippen LogP contribution in [0.1, 0.15) is 42.0 Å². The maximum atomic E-state index is 13.7. The van der Waals surface area contributed by atoms with Gasteiger partial charge in [-0.15, -0.1) is 0 Å². The van der Waals surface area contributed by atoms with Gasteiger partial charge in [-0.3, -0.25) is 9.59 Å². The third-order valence-electron chi connectivity index (χ3n) is 6.15. The van der Waals surface area contributed by atoms with Crippen LogP contribution in [0.4, 0.5) is 0 Å². The zero-order chi connectivity index (χ0) is 26.8. The number of hydrogen-bond donors (Lipinski definition) is 1. The van der Waals surface area contributed by atoms with Crippen molar-refractivity contribution in [1.29, 1.82) is 0 Å². The number of aryl methyl sites for hydroxylation is 2. The number of nitrogens with zero attached hydrogens (tertiary/aromatic N) is 1. The highest BCUT2D eigenvalue weighted by Crippen LogP contribution is 2.25. The van der Waals surface area contributed by atoms with Crippen molar-refractivity contribution in [2.75, 3.05) is 13.2 Å². The van der Waals surface area contributed by atoms with Crippen LogP contribution in [0.25, 0.3) is 0 Å². The number of halogens is 2. The number of hydrogen-bond acceptors (Lipinski definition) is 3. The number of ether oxygens (including phenoxy) is 1. The van der Waals surface area contributed by atoms with Gasteiger partial charge in [-0.05, 0) is 60.7 Å². The molecule has 0 saturated heterocycles. The van der Waals surface area contributed by atoms with Gasteiger partial charge in [0.1, 0.15) is 11.8 Å². The molecule has 0 aliphatic heterocycles. The van der Waals surface area contributed by atoms with Gasteiger partial charge in [-0.25, -0.2) is 0 Å². The van der Waals surface area contributed by atoms with Crippen LogP contribution in [0, 0.1) is 13.8 Å². The molecule has 7 heteroatoms. The maximum Gasteiger partial charge on any atom is 0.261 e. The van der Waals surface area contributed by atoms with Gasteiger partial charge in [0.05, 0.1) is 0 Å². The number of benzene rings is 3. The van der Waals surface area contributed by atoms with E-state index in [-0.39, 0.29) is 25.0 Å². The van der Waals surface area contributed by atoms with Gasteiger partial charge in [-0.1, -0.05) is 85.1 Å². The molecule has 3 aromatic carbocycles. The molecule has 0 aliphatic carbocycles. The van der Waals surface area contributed by atoms with Crippen LogP contribution < -0.4 is 10.1 Å². The average Bonchev–Trinajstić information content (AvgIpc) is 2.88. The monoisotopic (exact) mass is 540 g/mol. The predicted octanol–water partition coefficient (Wildman–Crippen LogP) is 6.55. The molecule has 1 N–H and O–H groups in total. The lowest BCUT2D eigenvalue weighted by molar-refractivity contribution is -0.142. The Hall–Kier alpha value is -3.02. The molecule has 5 nitrogen and oxygen atoms in total. The largest absolute Gasteiger partial charge is 0.483 e. The Kier molecular flexibility index (Phi) is 10.8. The van der Waals surface area contributed by atoms with Gasteiger partial charge in [0.25, 0.3) is 5.91 Å². The minimum absolute atomic E-state index is 0.143. The van der Waals surface area contributed by atoms with Gasteiger partial charge in [-0.2, -0.15) is 0 Å². The SMILES string of the molecule is CCCCNC(=O)C(Cc1ccccc1)N(Cc1ccc(Cl)cc1Cl)C(=O)COc1cc(C)ccc1C. The van der Waals surface area contributed by atoms with E-state index in [2.05, 4.69) is 12.2 Å². The zero-order valence-corrected chi connectivity index (χ0v) is 23.1. The van der Waals surface area contributed by atoms with E-state index in [0.717, 1.165) is 29.5 Å². The molecular weight excluding hydrogens is 507 g/mol. The Balaban J connectivity index is 1.93. The Morgan fingerprint density at radius 3 is 2.46 bits per heavy atom. The van der Waals surface area contributed by atoms with E-state index in [0.29, 0.717) is 34.3 Å². The Morgan fingerprint density at radius 2 is 1.76 bits per heavy atom. The van der Waals surface area contributed by atoms with E-state index in [4.69, 9.17) is 27.9 Å². The minimum atomic E-state index is -0.749. The highest BCUT2D eigenvalue weighted by Gasteiger charge is 2.31. The molecule has 0 aliphatic rings. The fraction of sp³-hybridized carbons (Fsp3) is 0.333. The molecule has 3 aromatic rings. The van der Waals surface area contributed by atoms with Crippen molar-refractivity contribution >= 4 is 35.0 Å². The smallest absolute Gasteiger partial charge is 0.261 e. The molecule has 0 bridgehead atoms. The summed E-state index contributed by atoms with van der Waals surface area (Å²) in [5.41, 5.74) is 3.62. The first-order valence-electron chi connectivity index (χ1n) is 12.5. The van der Waals surface area contributed by atoms with Crippen LogP contribution in [0.5, 0.6) is 5.75 Å². The van der Waals surface area contributed by atoms with Gasteiger partial charge in [0, 0.05) is 29.6 Å². The van der Waals surface area contributed by atoms with E-state index < -0.39 is 6.04 Å². The number of carbonyl (C=O) groups excluding carboxylic acids is 2. The first kappa shape index (κ1) is 28.5. The summed E-state index contributed by atoms with van der Waals surface area (Å²) in [5.74, 6) is 0.130. The highest BCUT2D eigenvalue weighted by atomic mass is 35.5. The molecule has 196 valence electrons. The van der Waals surface area contributed by atoms with Crippen LogP contribution in [-0.4, -0.2) is 35.9 Å². The molecule has 0 saturated carbocycles. The van der Waals surface area contributed by atoms with E-state index >= 15 is 0 Å². The quantitative estimate of drug-likeness (QED) is 0.265. The first-order valence-corrected chi connectivity index (χ1v) is 13.3. The Bertz CT molecular complexity index is 1200. The summed E-state index contributed by atoms with van der Waals surface area (Å²) in [5, 5.41) is 3.95. The van der Waals surface area contributed by atoms with Crippen LogP contribution in [0.2, 0.25) is 10.0 Å². The molecule has 0 aromatic heterocycles. The molecule has 3 rings (SSSR count). The molecule has 2 amide bonds. The summed E-state index contributed by atoms with van der Waals surface area (Å²) in [6, 6.07) is 19.9. The lowest BCUT2D eigenvalue weighted by Crippen LogP contribution is -2.51. The van der Waals surface area contributed by atoms with E-state index in [9.17, 15) is 9.59 Å². The zero-order valence-electron chi connectivity index (χ0n) is 21.6. The third kappa shape index (κ3) is 8.51. The number of rotatable bonds is 12. The molecule has 1 atom stereocenters. The Labute approximate surface area is 229 Å². The fourth-order valence-corrected chi connectivity index (χ4v) is 4.45. The standard InChI is InChI=1S/C30H34Cl2N2O3/c1-4-5-15-33-30(36)27(17-23-9-7-6-8-10-23)34(19-24-13-14-25(31)18-26(24)32)29(35)20-37-28-16-21(2)11-12-22(28)3/h6-14,16,18,27H,4-5,15,17,19-20H2,1-3H3,(H,33,36). The summed E-state index contributed by atoms with van der Waals surface area (Å²) >= 11 is 12.6. The van der Waals surface area contributed by atoms with Crippen molar-refractivity contribution in [1.82, 2.24) is 10.2 Å². The third-order valence-corrected chi connectivity index (χ3v) is 6.74. The molecular formula is C30H34Cl2N2O3. The summed E-state index contributed by atoms with van der Waals surface area (Å²) in [6.45, 7) is 6.45. The average molecular weight is 542 g/mol. The number of carbonyl (C=O) groups is 2. The summed E-state index contributed by atoms with van der Waals surface area (Å²) in [7, 11) is 0. The topological polar surface area (TPSA) is 58.6 Å². The molecule has 0 spiro atoms. The van der Waals surface area contributed by atoms with Crippen LogP contribution in [0.15, 0.2) is 66.7 Å². The van der Waals surface area contributed by atoms with E-state index in [1.165, 1.54) is 0 Å². The van der Waals surface area contributed by atoms with Gasteiger partial charge < -0.3 is 15.0 Å². The van der Waals surface area contributed by atoms with Crippen LogP contribution >= 0.6 is 23.2 Å². The Morgan fingerprint density at radius 1 is 1.00 bits per heavy atom. The summed E-state index contributed by atoms with van der Waals surface area (Å²) in [4.78, 5) is 28.7. The van der Waals surface area contributed by atoms with Crippen molar-refractivity contribution in [2.24, 2.45) is 0 Å². The lowest BCUT2D eigenvalue weighted by atomic mass is 10.0. The fourth-order valence-electron chi connectivity index (χ4n) is 3.98. The van der Waals surface area contributed by atoms with Crippen LogP contribution in [-0.2, 0) is 22.6 Å². The summed E-state index contributed by atoms with van der Waals surface area (Å²) in [6.07, 6.45) is 2.17.